The lowest BCUT2D eigenvalue weighted by molar-refractivity contribution is 0.304. The largest absolute Gasteiger partial charge is 0.394 e. The molecule has 4 atom stereocenters. The minimum Gasteiger partial charge on any atom is -0.394 e. The second kappa shape index (κ2) is 4.57. The Balaban J connectivity index is 1.70. The standard InChI is InChI=1S/C13H19ClN4/c1-7(10-5-8-2-3-9(10)4-8)17-12-11(15)6-16-13(14)18-12/h6-10H,2-5,15H2,1H3,(H,16,17,18). The number of anilines is 2. The van der Waals surface area contributed by atoms with Gasteiger partial charge in [-0.25, -0.2) is 4.98 Å². The number of nitrogen functional groups attached to an aromatic ring is 1. The monoisotopic (exact) mass is 266 g/mol. The first-order valence-electron chi connectivity index (χ1n) is 6.68. The van der Waals surface area contributed by atoms with Gasteiger partial charge in [0.2, 0.25) is 5.28 Å². The minimum atomic E-state index is 0.242. The number of halogens is 1. The molecule has 5 heteroatoms. The van der Waals surface area contributed by atoms with Gasteiger partial charge in [0, 0.05) is 6.04 Å². The van der Waals surface area contributed by atoms with Crippen LogP contribution in [0.5, 0.6) is 0 Å². The van der Waals surface area contributed by atoms with Gasteiger partial charge in [-0.15, -0.1) is 0 Å². The number of nitrogens with zero attached hydrogens (tertiary/aromatic N) is 2. The molecule has 0 aliphatic heterocycles. The fourth-order valence-corrected chi connectivity index (χ4v) is 3.85. The third-order valence-corrected chi connectivity index (χ3v) is 4.77. The van der Waals surface area contributed by atoms with Gasteiger partial charge >= 0.3 is 0 Å². The molecule has 0 spiro atoms. The Morgan fingerprint density at radius 2 is 2.28 bits per heavy atom. The highest BCUT2D eigenvalue weighted by atomic mass is 35.5. The van der Waals surface area contributed by atoms with Crippen molar-refractivity contribution in [2.45, 2.75) is 38.6 Å². The van der Waals surface area contributed by atoms with Gasteiger partial charge in [0.05, 0.1) is 11.9 Å². The van der Waals surface area contributed by atoms with Crippen molar-refractivity contribution in [3.63, 3.8) is 0 Å². The van der Waals surface area contributed by atoms with Crippen LogP contribution in [0.4, 0.5) is 11.5 Å². The predicted molar refractivity (Wildman–Crippen MR) is 73.5 cm³/mol. The summed E-state index contributed by atoms with van der Waals surface area (Å²) in [6.45, 7) is 2.22. The van der Waals surface area contributed by atoms with Crippen molar-refractivity contribution in [1.82, 2.24) is 9.97 Å². The van der Waals surface area contributed by atoms with E-state index in [-0.39, 0.29) is 5.28 Å². The van der Waals surface area contributed by atoms with Crippen LogP contribution in [-0.2, 0) is 0 Å². The molecular weight excluding hydrogens is 248 g/mol. The van der Waals surface area contributed by atoms with Gasteiger partial charge in [-0.1, -0.05) is 6.42 Å². The van der Waals surface area contributed by atoms with Crippen LogP contribution < -0.4 is 11.1 Å². The van der Waals surface area contributed by atoms with Crippen LogP contribution in [0, 0.1) is 17.8 Å². The van der Waals surface area contributed by atoms with Gasteiger partial charge in [0.25, 0.3) is 0 Å². The van der Waals surface area contributed by atoms with Crippen molar-refractivity contribution in [3.05, 3.63) is 11.5 Å². The summed E-state index contributed by atoms with van der Waals surface area (Å²) in [7, 11) is 0. The van der Waals surface area contributed by atoms with Gasteiger partial charge in [0.1, 0.15) is 0 Å². The minimum absolute atomic E-state index is 0.242. The summed E-state index contributed by atoms with van der Waals surface area (Å²) in [5, 5.41) is 3.66. The van der Waals surface area contributed by atoms with Crippen LogP contribution in [0.3, 0.4) is 0 Å². The van der Waals surface area contributed by atoms with Crippen LogP contribution in [0.2, 0.25) is 5.28 Å². The average molecular weight is 267 g/mol. The molecule has 1 aromatic heterocycles. The number of nitrogens with two attached hydrogens (primary N) is 1. The van der Waals surface area contributed by atoms with Crippen molar-refractivity contribution < 1.29 is 0 Å². The highest BCUT2D eigenvalue weighted by molar-refractivity contribution is 6.28. The summed E-state index contributed by atoms with van der Waals surface area (Å²) in [5.41, 5.74) is 6.43. The number of fused-ring (bicyclic) bond motifs is 2. The second-order valence-electron chi connectivity index (χ2n) is 5.71. The molecule has 18 heavy (non-hydrogen) atoms. The first-order valence-corrected chi connectivity index (χ1v) is 7.06. The van der Waals surface area contributed by atoms with Crippen molar-refractivity contribution in [2.75, 3.05) is 11.1 Å². The van der Waals surface area contributed by atoms with Gasteiger partial charge in [-0.2, -0.15) is 4.98 Å². The third-order valence-electron chi connectivity index (χ3n) is 4.59. The summed E-state index contributed by atoms with van der Waals surface area (Å²) in [4.78, 5) is 8.04. The second-order valence-corrected chi connectivity index (χ2v) is 6.05. The molecule has 0 amide bonds. The number of hydrogen-bond donors (Lipinski definition) is 2. The van der Waals surface area contributed by atoms with E-state index in [2.05, 4.69) is 22.2 Å². The average Bonchev–Trinajstić information content (AvgIpc) is 2.96. The zero-order valence-corrected chi connectivity index (χ0v) is 11.3. The Kier molecular flexibility index (Phi) is 3.06. The first-order chi connectivity index (χ1) is 8.63. The molecule has 2 bridgehead atoms. The highest BCUT2D eigenvalue weighted by Gasteiger charge is 2.41. The maximum absolute atomic E-state index is 5.87. The SMILES string of the molecule is CC(Nc1nc(Cl)ncc1N)C1CC2CCC1C2. The Morgan fingerprint density at radius 1 is 1.44 bits per heavy atom. The normalized spacial score (nSPS) is 31.6. The number of hydrogen-bond acceptors (Lipinski definition) is 4. The lowest BCUT2D eigenvalue weighted by atomic mass is 9.84. The Labute approximate surface area is 112 Å². The Morgan fingerprint density at radius 3 is 2.94 bits per heavy atom. The van der Waals surface area contributed by atoms with E-state index in [0.717, 1.165) is 17.8 Å². The van der Waals surface area contributed by atoms with E-state index in [1.165, 1.54) is 25.7 Å². The van der Waals surface area contributed by atoms with Crippen molar-refractivity contribution in [3.8, 4) is 0 Å². The highest BCUT2D eigenvalue weighted by Crippen LogP contribution is 2.49. The zero-order chi connectivity index (χ0) is 12.7. The molecule has 0 aromatic carbocycles. The summed E-state index contributed by atoms with van der Waals surface area (Å²) in [6.07, 6.45) is 7.14. The molecule has 3 N–H and O–H groups in total. The summed E-state index contributed by atoms with van der Waals surface area (Å²) >= 11 is 5.81. The molecule has 0 saturated heterocycles. The fraction of sp³-hybridized carbons (Fsp3) is 0.692. The van der Waals surface area contributed by atoms with Crippen molar-refractivity contribution in [2.24, 2.45) is 17.8 Å². The summed E-state index contributed by atoms with van der Waals surface area (Å²) in [6, 6.07) is 0.397. The third kappa shape index (κ3) is 2.14. The predicted octanol–water partition coefficient (Wildman–Crippen LogP) is 2.95. The molecule has 1 aromatic rings. The molecule has 4 nitrogen and oxygen atoms in total. The van der Waals surface area contributed by atoms with E-state index in [9.17, 15) is 0 Å². The van der Waals surface area contributed by atoms with E-state index < -0.39 is 0 Å². The van der Waals surface area contributed by atoms with Gasteiger partial charge < -0.3 is 11.1 Å². The lowest BCUT2D eigenvalue weighted by Gasteiger charge is -2.29. The van der Waals surface area contributed by atoms with Gasteiger partial charge in [-0.3, -0.25) is 0 Å². The van der Waals surface area contributed by atoms with Crippen molar-refractivity contribution >= 4 is 23.1 Å². The van der Waals surface area contributed by atoms with E-state index >= 15 is 0 Å². The summed E-state index contributed by atoms with van der Waals surface area (Å²) in [5.74, 6) is 3.26. The maximum atomic E-state index is 5.87. The summed E-state index contributed by atoms with van der Waals surface area (Å²) < 4.78 is 0. The zero-order valence-electron chi connectivity index (χ0n) is 10.6. The molecule has 3 rings (SSSR count). The quantitative estimate of drug-likeness (QED) is 0.826. The van der Waals surface area contributed by atoms with Gasteiger partial charge in [-0.05, 0) is 55.5 Å². The maximum Gasteiger partial charge on any atom is 0.224 e. The molecule has 2 saturated carbocycles. The van der Waals surface area contributed by atoms with E-state index in [0.29, 0.717) is 17.5 Å². The lowest BCUT2D eigenvalue weighted by Crippen LogP contribution is -2.30. The fourth-order valence-electron chi connectivity index (χ4n) is 3.71. The smallest absolute Gasteiger partial charge is 0.224 e. The molecule has 98 valence electrons. The van der Waals surface area contributed by atoms with Crippen LogP contribution in [0.25, 0.3) is 0 Å². The Bertz CT molecular complexity index is 451. The Hall–Kier alpha value is -1.03. The topological polar surface area (TPSA) is 63.8 Å². The van der Waals surface area contributed by atoms with Crippen LogP contribution in [0.1, 0.15) is 32.6 Å². The molecule has 2 aliphatic carbocycles. The molecule has 4 unspecified atom stereocenters. The van der Waals surface area contributed by atoms with E-state index in [1.807, 2.05) is 0 Å². The molecule has 2 fully saturated rings. The van der Waals surface area contributed by atoms with Crippen LogP contribution >= 0.6 is 11.6 Å². The van der Waals surface area contributed by atoms with Crippen LogP contribution in [-0.4, -0.2) is 16.0 Å². The van der Waals surface area contributed by atoms with Crippen molar-refractivity contribution in [1.29, 1.82) is 0 Å². The molecule has 1 heterocycles. The molecular formula is C13H19ClN4. The number of rotatable bonds is 3. The number of aromatic nitrogens is 2. The number of nitrogens with one attached hydrogen (secondary N) is 1. The van der Waals surface area contributed by atoms with E-state index in [4.69, 9.17) is 17.3 Å². The van der Waals surface area contributed by atoms with Crippen LogP contribution in [0.15, 0.2) is 6.20 Å². The van der Waals surface area contributed by atoms with Gasteiger partial charge in [0.15, 0.2) is 5.82 Å². The van der Waals surface area contributed by atoms with E-state index in [1.54, 1.807) is 6.20 Å². The first kappa shape index (κ1) is 12.0. The molecule has 0 radical (unpaired) electrons. The molecule has 2 aliphatic rings.